The van der Waals surface area contributed by atoms with Crippen molar-refractivity contribution in [3.05, 3.63) is 47.7 Å². The van der Waals surface area contributed by atoms with E-state index in [9.17, 15) is 0 Å². The summed E-state index contributed by atoms with van der Waals surface area (Å²) in [6.45, 7) is 1.96. The highest BCUT2D eigenvalue weighted by Crippen LogP contribution is 2.09. The first-order chi connectivity index (χ1) is 6.83. The Labute approximate surface area is 86.1 Å². The molecule has 0 aliphatic rings. The second-order valence-electron chi connectivity index (χ2n) is 3.67. The van der Waals surface area contributed by atoms with Gasteiger partial charge >= 0.3 is 0 Å². The van der Waals surface area contributed by atoms with Gasteiger partial charge in [0.1, 0.15) is 0 Å². The van der Waals surface area contributed by atoms with Gasteiger partial charge in [-0.15, -0.1) is 0 Å². The summed E-state index contributed by atoms with van der Waals surface area (Å²) in [6.07, 6.45) is 5.69. The van der Waals surface area contributed by atoms with Crippen molar-refractivity contribution >= 4 is 0 Å². The first kappa shape index (κ1) is 10.8. The first-order valence-electron chi connectivity index (χ1n) is 5.16. The van der Waals surface area contributed by atoms with Gasteiger partial charge in [-0.05, 0) is 43.7 Å². The van der Waals surface area contributed by atoms with E-state index >= 15 is 0 Å². The van der Waals surface area contributed by atoms with Gasteiger partial charge in [0.25, 0.3) is 0 Å². The van der Waals surface area contributed by atoms with Gasteiger partial charge in [-0.2, -0.15) is 0 Å². The largest absolute Gasteiger partial charge is 0.516 e. The molecule has 0 fully saturated rings. The molecule has 0 spiro atoms. The van der Waals surface area contributed by atoms with Crippen molar-refractivity contribution in [2.24, 2.45) is 0 Å². The van der Waals surface area contributed by atoms with E-state index in [1.807, 2.05) is 13.0 Å². The molecule has 0 aliphatic carbocycles. The van der Waals surface area contributed by atoms with Gasteiger partial charge in [-0.25, -0.2) is 0 Å². The number of unbranched alkanes of at least 4 members (excludes halogenated alkanes) is 1. The van der Waals surface area contributed by atoms with Gasteiger partial charge in [-0.1, -0.05) is 30.3 Å². The summed E-state index contributed by atoms with van der Waals surface area (Å²) >= 11 is 0. The van der Waals surface area contributed by atoms with Crippen molar-refractivity contribution in [2.75, 3.05) is 0 Å². The van der Waals surface area contributed by atoms with Crippen molar-refractivity contribution in [2.45, 2.75) is 32.6 Å². The molecule has 1 N–H and O–H groups in total. The number of allylic oxidation sites excluding steroid dienone is 1. The normalized spacial score (nSPS) is 11.6. The molecule has 0 amide bonds. The van der Waals surface area contributed by atoms with Crippen LogP contribution < -0.4 is 0 Å². The maximum absolute atomic E-state index is 8.69. The van der Waals surface area contributed by atoms with Crippen LogP contribution in [-0.4, -0.2) is 5.11 Å². The quantitative estimate of drug-likeness (QED) is 0.552. The highest BCUT2D eigenvalue weighted by Gasteiger charge is 1.93. The zero-order chi connectivity index (χ0) is 10.2. The number of benzene rings is 1. The summed E-state index contributed by atoms with van der Waals surface area (Å²) in [5.74, 6) is 0. The van der Waals surface area contributed by atoms with E-state index < -0.39 is 0 Å². The van der Waals surface area contributed by atoms with Crippen LogP contribution in [-0.2, 0) is 6.42 Å². The molecule has 0 radical (unpaired) electrons. The fraction of sp³-hybridized carbons (Fsp3) is 0.385. The first-order valence-corrected chi connectivity index (χ1v) is 5.16. The molecular weight excluding hydrogens is 172 g/mol. The smallest absolute Gasteiger partial charge is 0.0780 e. The van der Waals surface area contributed by atoms with E-state index in [0.717, 1.165) is 24.8 Å². The molecule has 0 saturated heterocycles. The summed E-state index contributed by atoms with van der Waals surface area (Å²) < 4.78 is 0. The van der Waals surface area contributed by atoms with Crippen LogP contribution in [0.15, 0.2) is 42.2 Å². The van der Waals surface area contributed by atoms with Crippen molar-refractivity contribution in [3.63, 3.8) is 0 Å². The number of rotatable bonds is 5. The average Bonchev–Trinajstić information content (AvgIpc) is 2.25. The van der Waals surface area contributed by atoms with Gasteiger partial charge < -0.3 is 5.11 Å². The van der Waals surface area contributed by atoms with E-state index in [0.29, 0.717) is 0 Å². The fourth-order valence-electron chi connectivity index (χ4n) is 1.44. The second-order valence-corrected chi connectivity index (χ2v) is 3.67. The second kappa shape index (κ2) is 6.25. The summed E-state index contributed by atoms with van der Waals surface area (Å²) in [4.78, 5) is 0. The summed E-state index contributed by atoms with van der Waals surface area (Å²) in [5.41, 5.74) is 2.47. The predicted octanol–water partition coefficient (Wildman–Crippen LogP) is 3.86. The molecular formula is C13H18O. The molecule has 76 valence electrons. The minimum Gasteiger partial charge on any atom is -0.516 e. The molecule has 0 saturated carbocycles. The van der Waals surface area contributed by atoms with Crippen LogP contribution in [0, 0.1) is 0 Å². The van der Waals surface area contributed by atoms with E-state index in [-0.39, 0.29) is 0 Å². The Hall–Kier alpha value is -1.24. The maximum atomic E-state index is 8.69. The van der Waals surface area contributed by atoms with Crippen molar-refractivity contribution in [1.29, 1.82) is 0 Å². The van der Waals surface area contributed by atoms with Crippen LogP contribution in [0.3, 0.4) is 0 Å². The lowest BCUT2D eigenvalue weighted by Crippen LogP contribution is -1.85. The van der Waals surface area contributed by atoms with Crippen molar-refractivity contribution in [1.82, 2.24) is 0 Å². The molecule has 0 bridgehead atoms. The van der Waals surface area contributed by atoms with Gasteiger partial charge in [0.2, 0.25) is 0 Å². The molecule has 0 unspecified atom stereocenters. The third-order valence-electron chi connectivity index (χ3n) is 2.35. The van der Waals surface area contributed by atoms with Gasteiger partial charge in [0, 0.05) is 0 Å². The fourth-order valence-corrected chi connectivity index (χ4v) is 1.44. The number of aryl methyl sites for hydroxylation is 1. The Bertz CT molecular complexity index is 275. The van der Waals surface area contributed by atoms with Crippen LogP contribution in [0.4, 0.5) is 0 Å². The molecule has 1 aromatic rings. The number of aliphatic hydroxyl groups is 1. The highest BCUT2D eigenvalue weighted by molar-refractivity contribution is 5.14. The minimum atomic E-state index is 1.00. The standard InChI is InChI=1S/C13H18O/c1-12(11-14)7-5-6-10-13-8-3-2-4-9-13/h2-4,8-9,11,14H,5-7,10H2,1H3. The molecule has 0 atom stereocenters. The lowest BCUT2D eigenvalue weighted by Gasteiger charge is -2.01. The van der Waals surface area contributed by atoms with Crippen LogP contribution >= 0.6 is 0 Å². The van der Waals surface area contributed by atoms with Crippen LogP contribution in [0.5, 0.6) is 0 Å². The SMILES string of the molecule is CC(=CO)CCCCc1ccccc1. The topological polar surface area (TPSA) is 20.2 Å². The minimum absolute atomic E-state index is 1.00. The zero-order valence-electron chi connectivity index (χ0n) is 8.74. The Kier molecular flexibility index (Phi) is 4.84. The Balaban J connectivity index is 2.17. The number of hydrogen-bond acceptors (Lipinski definition) is 1. The average molecular weight is 190 g/mol. The summed E-state index contributed by atoms with van der Waals surface area (Å²) in [7, 11) is 0. The Morgan fingerprint density at radius 1 is 1.21 bits per heavy atom. The molecule has 0 aliphatic heterocycles. The van der Waals surface area contributed by atoms with Gasteiger partial charge in [0.15, 0.2) is 0 Å². The molecule has 0 aromatic heterocycles. The highest BCUT2D eigenvalue weighted by atomic mass is 16.2. The maximum Gasteiger partial charge on any atom is 0.0780 e. The zero-order valence-corrected chi connectivity index (χ0v) is 8.74. The molecule has 1 nitrogen and oxygen atoms in total. The summed E-state index contributed by atoms with van der Waals surface area (Å²) in [6, 6.07) is 10.5. The van der Waals surface area contributed by atoms with E-state index in [1.54, 1.807) is 0 Å². The van der Waals surface area contributed by atoms with Gasteiger partial charge in [-0.3, -0.25) is 0 Å². The van der Waals surface area contributed by atoms with Crippen molar-refractivity contribution in [3.8, 4) is 0 Å². The van der Waals surface area contributed by atoms with Crippen LogP contribution in [0.2, 0.25) is 0 Å². The molecule has 0 heterocycles. The third kappa shape index (κ3) is 4.13. The monoisotopic (exact) mass is 190 g/mol. The number of hydrogen-bond donors (Lipinski definition) is 1. The Morgan fingerprint density at radius 3 is 2.57 bits per heavy atom. The summed E-state index contributed by atoms with van der Waals surface area (Å²) in [5, 5.41) is 8.69. The molecule has 1 aromatic carbocycles. The van der Waals surface area contributed by atoms with Crippen LogP contribution in [0.1, 0.15) is 31.7 Å². The lowest BCUT2D eigenvalue weighted by atomic mass is 10.1. The molecule has 1 heteroatoms. The number of aliphatic hydroxyl groups excluding tert-OH is 1. The molecule has 14 heavy (non-hydrogen) atoms. The van der Waals surface area contributed by atoms with E-state index in [4.69, 9.17) is 5.11 Å². The van der Waals surface area contributed by atoms with E-state index in [1.165, 1.54) is 18.2 Å². The van der Waals surface area contributed by atoms with Gasteiger partial charge in [0.05, 0.1) is 6.26 Å². The van der Waals surface area contributed by atoms with Crippen LogP contribution in [0.25, 0.3) is 0 Å². The van der Waals surface area contributed by atoms with E-state index in [2.05, 4.69) is 24.3 Å². The third-order valence-corrected chi connectivity index (χ3v) is 2.35. The van der Waals surface area contributed by atoms with Crippen molar-refractivity contribution < 1.29 is 5.11 Å². The predicted molar refractivity (Wildman–Crippen MR) is 60.4 cm³/mol. The lowest BCUT2D eigenvalue weighted by molar-refractivity contribution is 0.463. The molecule has 1 rings (SSSR count). The Morgan fingerprint density at radius 2 is 1.93 bits per heavy atom.